The van der Waals surface area contributed by atoms with Gasteiger partial charge in [-0.15, -0.1) is 5.10 Å². The molecule has 3 fully saturated rings. The second-order valence-corrected chi connectivity index (χ2v) is 34.2. The van der Waals surface area contributed by atoms with Crippen molar-refractivity contribution < 1.29 is 110 Å². The number of cyclic esters (lactones) is 1. The molecule has 2 bridgehead atoms. The third-order valence-electron chi connectivity index (χ3n) is 24.6. The van der Waals surface area contributed by atoms with Crippen molar-refractivity contribution in [1.82, 2.24) is 49.9 Å². The number of aryl methyl sites for hydroxylation is 2. The summed E-state index contributed by atoms with van der Waals surface area (Å²) < 4.78 is 97.5. The minimum absolute atomic E-state index is 0.0226. The molecule has 3 aliphatic heterocycles. The number of anilines is 2. The van der Waals surface area contributed by atoms with E-state index in [9.17, 15) is 34.2 Å². The number of esters is 1. The van der Waals surface area contributed by atoms with Crippen LogP contribution in [0, 0.1) is 35.5 Å². The molecule has 2 saturated heterocycles. The van der Waals surface area contributed by atoms with Crippen molar-refractivity contribution in [3.8, 4) is 11.3 Å². The number of nitrogens with zero attached hydrogens (tertiary/aromatic N) is 9. The maximum absolute atomic E-state index is 14.9. The second kappa shape index (κ2) is 55.4. The smallest absolute Gasteiger partial charge is 0.329 e. The van der Waals surface area contributed by atoms with Gasteiger partial charge in [-0.05, 0) is 157 Å². The highest BCUT2D eigenvalue weighted by molar-refractivity contribution is 6.39. The van der Waals surface area contributed by atoms with Gasteiger partial charge >= 0.3 is 5.97 Å². The number of Topliss-reactive ketones (excluding diaryl/α,β-unsaturated/α-hetero) is 2. The molecule has 128 heavy (non-hydrogen) atoms. The number of rotatable bonds is 46. The van der Waals surface area contributed by atoms with Gasteiger partial charge in [0.1, 0.15) is 47.7 Å². The van der Waals surface area contributed by atoms with Crippen LogP contribution in [0.25, 0.3) is 33.4 Å². The monoisotopic (exact) mass is 1800 g/mol. The molecule has 5 aromatic rings. The third-order valence-corrected chi connectivity index (χ3v) is 24.6. The lowest BCUT2D eigenvalue weighted by molar-refractivity contribution is -0.265. The summed E-state index contributed by atoms with van der Waals surface area (Å²) in [6.07, 6.45) is 20.6. The zero-order chi connectivity index (χ0) is 91.7. The molecule has 2 amide bonds. The van der Waals surface area contributed by atoms with Crippen molar-refractivity contribution >= 4 is 63.3 Å². The molecule has 35 nitrogen and oxygen atoms in total. The Kier molecular flexibility index (Phi) is 44.9. The number of nitrogens with one attached hydrogen (secondary N) is 1. The summed E-state index contributed by atoms with van der Waals surface area (Å²) in [5.74, 6) is -6.66. The second-order valence-electron chi connectivity index (χ2n) is 34.2. The number of benzene rings is 1. The molecule has 1 aliphatic carbocycles. The number of hydrogen-bond acceptors (Lipinski definition) is 31. The van der Waals surface area contributed by atoms with Crippen LogP contribution in [-0.2, 0) is 115 Å². The molecule has 0 spiro atoms. The first-order valence-electron chi connectivity index (χ1n) is 45.9. The summed E-state index contributed by atoms with van der Waals surface area (Å²) in [7, 11) is 6.34. The lowest BCUT2D eigenvalue weighted by Crippen LogP contribution is -2.61. The van der Waals surface area contributed by atoms with Gasteiger partial charge in [-0.3, -0.25) is 19.2 Å². The quantitative estimate of drug-likeness (QED) is 0.0105. The molecule has 1 unspecified atom stereocenters. The van der Waals surface area contributed by atoms with Crippen molar-refractivity contribution in [3.05, 3.63) is 84.0 Å². The van der Waals surface area contributed by atoms with Gasteiger partial charge in [-0.2, -0.15) is 10.1 Å². The standard InChI is InChI=1S/C93H144N12O23/c1-62-21-13-12-14-22-63(2)77(113-8)58-72-28-25-68(7)93(112,128-72)87(109)90(110)104-33-18-15-24-74(104)91(111)126-79(59-78(114-9)64(3)54-67(6)85(108)86(116-11)84(107)66(5)53-62)65(4)55-69-26-29-76(80(56-69)115-10)125-36-20-16-23-71-60-103(102-100-71)35-38-118-40-42-120-44-46-122-48-50-124-52-51-123-49-47-121-45-43-119-41-39-117-37-31-81(106)96-32-17-19-34-105-89-82(88(94)97-61-98-89)83(101-105)70-27-30-75-73(57-70)99-92(95)127-75/h12-14,21-22,27,30,54,57,60-62,64-66,68-69,72,74,76-80,85-86,108,112H,15-20,23-26,28-29,31-53,55-56,58-59H2,1-11H3,(H2,95,99)(H,96,106)(H2,94,97,98)/b14-12+,21-13+,63-22+,67-54+/t62?,64-,65-,66-,68-,69+,72+,74+,76-,77+,78-,79+,80-,85-,86+,93-/m1/s1. The molecule has 0 radical (unpaired) electrons. The SMILES string of the molecule is CO[C@H]1C[C@@H]2CC[C@@H](C)[C@@](O)(O2)C(=O)C(=O)N2CCCC[C@H]2C(=O)O[C@H]([C@H](C)C[C@@H]2CC[C@@H](OCCCCc3cn(CCOCCOCCOCCOCCOCCOCCOCCOCCC(=O)NCCCCn4nc(-c5ccc6oc(N)nc6c5)c5c(N)ncnc54)nn3)[C@H](OC)C2)C[C@@H](OC)[C@H](C)/C=C(\C)[C@@H](O)[C@@H](OC)C(=O)[C@H](C)CC(C)/C=C/C=C/C=C/1C. The van der Waals surface area contributed by atoms with Crippen molar-refractivity contribution in [3.63, 3.8) is 0 Å². The molecule has 4 aliphatic rings. The van der Waals surface area contributed by atoms with Crippen LogP contribution in [0.5, 0.6) is 0 Å². The van der Waals surface area contributed by atoms with Crippen LogP contribution in [0.15, 0.2) is 82.7 Å². The number of carbonyl (C=O) groups is 5. The molecule has 1 aromatic carbocycles. The number of piperidine rings is 1. The third kappa shape index (κ3) is 32.5. The van der Waals surface area contributed by atoms with E-state index in [2.05, 4.69) is 37.5 Å². The van der Waals surface area contributed by atoms with E-state index in [-0.39, 0.29) is 86.0 Å². The molecule has 1 saturated carbocycles. The lowest BCUT2D eigenvalue weighted by Gasteiger charge is -2.43. The van der Waals surface area contributed by atoms with Gasteiger partial charge in [0.05, 0.1) is 154 Å². The zero-order valence-corrected chi connectivity index (χ0v) is 77.2. The summed E-state index contributed by atoms with van der Waals surface area (Å²) in [6.45, 7) is 22.3. The van der Waals surface area contributed by atoms with Crippen LogP contribution in [-0.4, -0.2) is 299 Å². The molecule has 9 rings (SSSR count). The maximum atomic E-state index is 14.9. The van der Waals surface area contributed by atoms with Crippen LogP contribution >= 0.6 is 0 Å². The topological polar surface area (TPSA) is 432 Å². The van der Waals surface area contributed by atoms with E-state index in [0.717, 1.165) is 68.2 Å². The Morgan fingerprint density at radius 2 is 1.38 bits per heavy atom. The number of ketones is 2. The molecule has 16 atom stereocenters. The Balaban J connectivity index is 0.591. The normalized spacial score (nSPS) is 27.0. The van der Waals surface area contributed by atoms with E-state index in [0.29, 0.717) is 210 Å². The predicted molar refractivity (Wildman–Crippen MR) is 478 cm³/mol. The number of methoxy groups -OCH3 is 4. The molecular formula is C93H144N12O23. The molecule has 7 heterocycles. The fourth-order valence-corrected chi connectivity index (χ4v) is 17.1. The van der Waals surface area contributed by atoms with Crippen LogP contribution in [0.1, 0.15) is 163 Å². The van der Waals surface area contributed by atoms with Gasteiger partial charge in [0, 0.05) is 103 Å². The van der Waals surface area contributed by atoms with Crippen LogP contribution in [0.2, 0.25) is 0 Å². The Morgan fingerprint density at radius 1 is 0.695 bits per heavy atom. The van der Waals surface area contributed by atoms with E-state index in [1.807, 2.05) is 82.5 Å². The van der Waals surface area contributed by atoms with Crippen LogP contribution in [0.4, 0.5) is 11.8 Å². The number of oxazole rings is 1. The highest BCUT2D eigenvalue weighted by atomic mass is 16.6. The van der Waals surface area contributed by atoms with Crippen molar-refractivity contribution in [2.45, 2.75) is 238 Å². The number of carbonyl (C=O) groups excluding carboxylic acids is 5. The molecule has 714 valence electrons. The Hall–Kier alpha value is -7.95. The van der Waals surface area contributed by atoms with E-state index in [1.54, 1.807) is 50.6 Å². The van der Waals surface area contributed by atoms with Gasteiger partial charge in [0.25, 0.3) is 17.7 Å². The van der Waals surface area contributed by atoms with Gasteiger partial charge < -0.3 is 107 Å². The summed E-state index contributed by atoms with van der Waals surface area (Å²) in [5.41, 5.74) is 17.5. The van der Waals surface area contributed by atoms with Gasteiger partial charge in [0.15, 0.2) is 17.0 Å². The first kappa shape index (κ1) is 104. The lowest BCUT2D eigenvalue weighted by atomic mass is 9.78. The van der Waals surface area contributed by atoms with Gasteiger partial charge in [0.2, 0.25) is 11.7 Å². The highest BCUT2D eigenvalue weighted by Crippen LogP contribution is 2.40. The van der Waals surface area contributed by atoms with E-state index >= 15 is 0 Å². The summed E-state index contributed by atoms with van der Waals surface area (Å²) in [4.78, 5) is 84.7. The highest BCUT2D eigenvalue weighted by Gasteiger charge is 2.53. The van der Waals surface area contributed by atoms with E-state index in [4.69, 9.17) is 92.0 Å². The number of unbranched alkanes of at least 4 members (excludes halogenated alkanes) is 2. The average molecular weight is 1800 g/mol. The van der Waals surface area contributed by atoms with Crippen LogP contribution < -0.4 is 16.8 Å². The number of amides is 2. The van der Waals surface area contributed by atoms with Gasteiger partial charge in [-0.1, -0.05) is 76.3 Å². The Morgan fingerprint density at radius 3 is 2.05 bits per heavy atom. The number of fused-ring (bicyclic) bond motifs is 5. The number of nitrogens with two attached hydrogens (primary N) is 2. The number of aliphatic hydroxyl groups is 2. The number of nitrogen functional groups attached to an aromatic ring is 2. The van der Waals surface area contributed by atoms with E-state index in [1.165, 1.54) is 18.3 Å². The number of hydrogen-bond donors (Lipinski definition) is 5. The molecule has 4 aromatic heterocycles. The predicted octanol–water partition coefficient (Wildman–Crippen LogP) is 9.50. The zero-order valence-electron chi connectivity index (χ0n) is 77.2. The van der Waals surface area contributed by atoms with Crippen molar-refractivity contribution in [1.29, 1.82) is 0 Å². The molecule has 7 N–H and O–H groups in total. The minimum atomic E-state index is -2.43. The summed E-state index contributed by atoms with van der Waals surface area (Å²) >= 11 is 0. The maximum Gasteiger partial charge on any atom is 0.329 e. The number of ether oxygens (including phenoxy) is 15. The van der Waals surface area contributed by atoms with Crippen molar-refractivity contribution in [2.75, 3.05) is 165 Å². The fourth-order valence-electron chi connectivity index (χ4n) is 17.1. The Bertz CT molecular complexity index is 4290. The average Bonchev–Trinajstić information content (AvgIpc) is 1.60. The van der Waals surface area contributed by atoms with Gasteiger partial charge in [-0.25, -0.2) is 24.1 Å². The van der Waals surface area contributed by atoms with Crippen LogP contribution in [0.3, 0.4) is 0 Å². The van der Waals surface area contributed by atoms with Crippen molar-refractivity contribution in [2.24, 2.45) is 35.5 Å². The number of aromatic nitrogens is 8. The largest absolute Gasteiger partial charge is 0.460 e. The first-order chi connectivity index (χ1) is 61.9. The summed E-state index contributed by atoms with van der Waals surface area (Å²) in [6, 6.07) is 4.48. The molecule has 35 heteroatoms. The summed E-state index contributed by atoms with van der Waals surface area (Å²) in [5, 5.41) is 41.1. The molecular weight excluding hydrogens is 1650 g/mol. The Labute approximate surface area is 753 Å². The van der Waals surface area contributed by atoms with E-state index < -0.39 is 77.9 Å². The fraction of sp³-hybridized carbons (Fsp3) is 0.710. The minimum Gasteiger partial charge on any atom is -0.460 e. The first-order valence-corrected chi connectivity index (χ1v) is 45.9. The number of aliphatic hydroxyl groups excluding tert-OH is 1. The number of allylic oxidation sites excluding steroid dienone is 5.